The molecule has 0 bridgehead atoms. The average molecular weight is 335 g/mol. The summed E-state index contributed by atoms with van der Waals surface area (Å²) in [5.41, 5.74) is 2.23. The minimum absolute atomic E-state index is 0.0889. The number of rotatable bonds is 6. The molecule has 0 aliphatic carbocycles. The first-order valence-electron chi connectivity index (χ1n) is 7.55. The van der Waals surface area contributed by atoms with Gasteiger partial charge in [-0.25, -0.2) is 9.97 Å². The van der Waals surface area contributed by atoms with Crippen molar-refractivity contribution in [1.29, 1.82) is 0 Å². The summed E-state index contributed by atoms with van der Waals surface area (Å²) < 4.78 is 7.00. The molecule has 2 aromatic rings. The van der Waals surface area contributed by atoms with E-state index in [4.69, 9.17) is 4.74 Å². The highest BCUT2D eigenvalue weighted by atomic mass is 32.1. The lowest BCUT2D eigenvalue weighted by Gasteiger charge is -2.34. The molecule has 0 radical (unpaired) electrons. The Balaban J connectivity index is 1.66. The van der Waals surface area contributed by atoms with Crippen LogP contribution in [0.4, 0.5) is 0 Å². The lowest BCUT2D eigenvalue weighted by Crippen LogP contribution is -2.42. The monoisotopic (exact) mass is 335 g/mol. The van der Waals surface area contributed by atoms with Crippen LogP contribution in [0.1, 0.15) is 22.4 Å². The van der Waals surface area contributed by atoms with Crippen LogP contribution in [0.5, 0.6) is 0 Å². The van der Waals surface area contributed by atoms with Gasteiger partial charge in [-0.05, 0) is 6.92 Å². The molecule has 0 saturated heterocycles. The molecule has 7 nitrogen and oxygen atoms in total. The zero-order chi connectivity index (χ0) is 16.2. The molecule has 0 fully saturated rings. The van der Waals surface area contributed by atoms with Crippen LogP contribution in [-0.2, 0) is 22.6 Å². The number of amides is 1. The molecule has 1 amide bonds. The Bertz CT molecular complexity index is 668. The fourth-order valence-electron chi connectivity index (χ4n) is 2.83. The Labute approximate surface area is 139 Å². The number of nitrogens with zero attached hydrogens (tertiary/aromatic N) is 4. The average Bonchev–Trinajstić information content (AvgIpc) is 3.14. The Hall–Kier alpha value is -1.77. The molecule has 3 rings (SSSR count). The molecule has 124 valence electrons. The van der Waals surface area contributed by atoms with E-state index in [-0.39, 0.29) is 18.6 Å². The SMILES string of the molecule is COCC(=O)NC[C@H]1CN(Cc2nc(C)cs2)Cc2cncn21. The standard InChI is InChI=1S/C15H21N5O2S/c1-11-9-23-15(18-11)7-19-5-12-3-16-10-20(12)13(6-19)4-17-14(21)8-22-2/h3,9-10,13H,4-8H2,1-2H3,(H,17,21)/t13-/m0/s1. The van der Waals surface area contributed by atoms with Gasteiger partial charge < -0.3 is 14.6 Å². The molecular weight excluding hydrogens is 314 g/mol. The van der Waals surface area contributed by atoms with Crippen LogP contribution in [0.15, 0.2) is 17.9 Å². The third-order valence-electron chi connectivity index (χ3n) is 3.83. The highest BCUT2D eigenvalue weighted by Crippen LogP contribution is 2.23. The Morgan fingerprint density at radius 2 is 2.43 bits per heavy atom. The van der Waals surface area contributed by atoms with Gasteiger partial charge in [0.05, 0.1) is 24.6 Å². The van der Waals surface area contributed by atoms with Crippen LogP contribution < -0.4 is 5.32 Å². The van der Waals surface area contributed by atoms with E-state index in [9.17, 15) is 4.79 Å². The second-order valence-electron chi connectivity index (χ2n) is 5.74. The summed E-state index contributed by atoms with van der Waals surface area (Å²) in [6.45, 7) is 5.20. The number of nitrogens with one attached hydrogen (secondary N) is 1. The van der Waals surface area contributed by atoms with Gasteiger partial charge in [-0.2, -0.15) is 0 Å². The number of hydrogen-bond acceptors (Lipinski definition) is 6. The van der Waals surface area contributed by atoms with Gasteiger partial charge in [0.2, 0.25) is 5.91 Å². The van der Waals surface area contributed by atoms with Gasteiger partial charge in [-0.3, -0.25) is 9.69 Å². The zero-order valence-corrected chi connectivity index (χ0v) is 14.2. The van der Waals surface area contributed by atoms with E-state index >= 15 is 0 Å². The first-order valence-corrected chi connectivity index (χ1v) is 8.43. The van der Waals surface area contributed by atoms with Crippen LogP contribution in [0.25, 0.3) is 0 Å². The van der Waals surface area contributed by atoms with E-state index in [2.05, 4.69) is 30.1 Å². The zero-order valence-electron chi connectivity index (χ0n) is 13.4. The van der Waals surface area contributed by atoms with E-state index in [0.717, 1.165) is 36.0 Å². The summed E-state index contributed by atoms with van der Waals surface area (Å²) in [5, 5.41) is 6.12. The number of carbonyl (C=O) groups excluding carboxylic acids is 1. The summed E-state index contributed by atoms with van der Waals surface area (Å²) in [4.78, 5) is 22.8. The quantitative estimate of drug-likeness (QED) is 0.851. The molecule has 1 atom stereocenters. The molecule has 1 N–H and O–H groups in total. The summed E-state index contributed by atoms with van der Waals surface area (Å²) in [5.74, 6) is -0.0955. The van der Waals surface area contributed by atoms with Gasteiger partial charge >= 0.3 is 0 Å². The maximum absolute atomic E-state index is 11.6. The summed E-state index contributed by atoms with van der Waals surface area (Å²) in [6.07, 6.45) is 3.73. The third-order valence-corrected chi connectivity index (χ3v) is 4.78. The van der Waals surface area contributed by atoms with Gasteiger partial charge in [0.25, 0.3) is 0 Å². The van der Waals surface area contributed by atoms with Crippen molar-refractivity contribution in [1.82, 2.24) is 24.8 Å². The van der Waals surface area contributed by atoms with Crippen molar-refractivity contribution in [3.8, 4) is 0 Å². The van der Waals surface area contributed by atoms with Crippen molar-refractivity contribution in [2.75, 3.05) is 26.8 Å². The highest BCUT2D eigenvalue weighted by Gasteiger charge is 2.25. The minimum Gasteiger partial charge on any atom is -0.375 e. The lowest BCUT2D eigenvalue weighted by molar-refractivity contribution is -0.124. The molecule has 3 heterocycles. The third kappa shape index (κ3) is 3.95. The Kier molecular flexibility index (Phi) is 5.04. The van der Waals surface area contributed by atoms with Crippen molar-refractivity contribution in [2.45, 2.75) is 26.1 Å². The molecule has 23 heavy (non-hydrogen) atoms. The summed E-state index contributed by atoms with van der Waals surface area (Å²) in [7, 11) is 1.52. The fraction of sp³-hybridized carbons (Fsp3) is 0.533. The van der Waals surface area contributed by atoms with Crippen LogP contribution in [0.3, 0.4) is 0 Å². The number of thiazole rings is 1. The van der Waals surface area contributed by atoms with Crippen LogP contribution in [-0.4, -0.2) is 52.1 Å². The number of ether oxygens (including phenoxy) is 1. The normalized spacial score (nSPS) is 17.9. The van der Waals surface area contributed by atoms with Crippen LogP contribution in [0.2, 0.25) is 0 Å². The number of methoxy groups -OCH3 is 1. The summed E-state index contributed by atoms with van der Waals surface area (Å²) in [6, 6.07) is 0.170. The van der Waals surface area contributed by atoms with Gasteiger partial charge in [0.1, 0.15) is 11.6 Å². The van der Waals surface area contributed by atoms with Gasteiger partial charge in [0.15, 0.2) is 0 Å². The molecular formula is C15H21N5O2S. The van der Waals surface area contributed by atoms with Gasteiger partial charge in [-0.1, -0.05) is 0 Å². The molecule has 1 aliphatic heterocycles. The molecule has 8 heteroatoms. The predicted molar refractivity (Wildman–Crippen MR) is 87.1 cm³/mol. The lowest BCUT2D eigenvalue weighted by atomic mass is 10.2. The first-order chi connectivity index (χ1) is 11.2. The van der Waals surface area contributed by atoms with E-state index in [1.54, 1.807) is 11.3 Å². The Morgan fingerprint density at radius 3 is 3.17 bits per heavy atom. The maximum atomic E-state index is 11.6. The predicted octanol–water partition coefficient (Wildman–Crippen LogP) is 0.968. The van der Waals surface area contributed by atoms with Crippen molar-refractivity contribution >= 4 is 17.2 Å². The topological polar surface area (TPSA) is 72.3 Å². The van der Waals surface area contributed by atoms with Crippen molar-refractivity contribution < 1.29 is 9.53 Å². The minimum atomic E-state index is -0.0955. The van der Waals surface area contributed by atoms with E-state index in [0.29, 0.717) is 6.54 Å². The second-order valence-corrected chi connectivity index (χ2v) is 6.68. The maximum Gasteiger partial charge on any atom is 0.246 e. The van der Waals surface area contributed by atoms with Crippen molar-refractivity contribution in [2.24, 2.45) is 0 Å². The number of hydrogen-bond donors (Lipinski definition) is 1. The van der Waals surface area contributed by atoms with E-state index in [1.807, 2.05) is 19.4 Å². The molecule has 2 aromatic heterocycles. The molecule has 0 saturated carbocycles. The fourth-order valence-corrected chi connectivity index (χ4v) is 3.64. The van der Waals surface area contributed by atoms with Crippen LogP contribution in [0, 0.1) is 6.92 Å². The van der Waals surface area contributed by atoms with Gasteiger partial charge in [0, 0.05) is 44.0 Å². The van der Waals surface area contributed by atoms with Gasteiger partial charge in [-0.15, -0.1) is 11.3 Å². The van der Waals surface area contributed by atoms with E-state index in [1.165, 1.54) is 7.11 Å². The van der Waals surface area contributed by atoms with Crippen molar-refractivity contribution in [3.05, 3.63) is 34.3 Å². The largest absolute Gasteiger partial charge is 0.375 e. The molecule has 0 spiro atoms. The smallest absolute Gasteiger partial charge is 0.246 e. The van der Waals surface area contributed by atoms with Crippen LogP contribution >= 0.6 is 11.3 Å². The van der Waals surface area contributed by atoms with E-state index < -0.39 is 0 Å². The second kappa shape index (κ2) is 7.20. The number of fused-ring (bicyclic) bond motifs is 1. The summed E-state index contributed by atoms with van der Waals surface area (Å²) >= 11 is 1.69. The Morgan fingerprint density at radius 1 is 1.57 bits per heavy atom. The molecule has 1 aliphatic rings. The van der Waals surface area contributed by atoms with Crippen molar-refractivity contribution in [3.63, 3.8) is 0 Å². The first kappa shape index (κ1) is 16.1. The number of imidazole rings is 1. The molecule has 0 aromatic carbocycles. The highest BCUT2D eigenvalue weighted by molar-refractivity contribution is 7.09. The number of carbonyl (C=O) groups is 1. The number of aromatic nitrogens is 3. The molecule has 0 unspecified atom stereocenters. The number of aryl methyl sites for hydroxylation is 1.